The van der Waals surface area contributed by atoms with Gasteiger partial charge in [0.25, 0.3) is 0 Å². The fraction of sp³-hybridized carbons (Fsp3) is 0.0833. The lowest BCUT2D eigenvalue weighted by Gasteiger charge is -2.05. The SMILES string of the molecule is N#Cc1cc(F)cc(Cn2nccc2C(=O)O)c1. The number of nitriles is 1. The largest absolute Gasteiger partial charge is 0.477 e. The van der Waals surface area contributed by atoms with Crippen LogP contribution in [-0.4, -0.2) is 20.9 Å². The fourth-order valence-electron chi connectivity index (χ4n) is 1.62. The second-order valence-corrected chi connectivity index (χ2v) is 3.64. The molecule has 90 valence electrons. The van der Waals surface area contributed by atoms with Gasteiger partial charge < -0.3 is 5.11 Å². The predicted molar refractivity (Wildman–Crippen MR) is 59.4 cm³/mol. The van der Waals surface area contributed by atoms with E-state index in [0.29, 0.717) is 5.56 Å². The number of aromatic carboxylic acids is 1. The number of carboxylic acids is 1. The van der Waals surface area contributed by atoms with Crippen LogP contribution >= 0.6 is 0 Å². The Kier molecular flexibility index (Phi) is 3.06. The summed E-state index contributed by atoms with van der Waals surface area (Å²) in [6, 6.07) is 7.05. The standard InChI is InChI=1S/C12H8FN3O2/c13-10-4-8(6-14)3-9(5-10)7-16-11(12(17)18)1-2-15-16/h1-5H,7H2,(H,17,18). The monoisotopic (exact) mass is 245 g/mol. The van der Waals surface area contributed by atoms with E-state index in [1.54, 1.807) is 0 Å². The summed E-state index contributed by atoms with van der Waals surface area (Å²) in [7, 11) is 0. The van der Waals surface area contributed by atoms with E-state index in [4.69, 9.17) is 10.4 Å². The lowest BCUT2D eigenvalue weighted by Crippen LogP contribution is -2.11. The van der Waals surface area contributed by atoms with Crippen molar-refractivity contribution in [1.29, 1.82) is 5.26 Å². The molecule has 0 aliphatic rings. The highest BCUT2D eigenvalue weighted by atomic mass is 19.1. The summed E-state index contributed by atoms with van der Waals surface area (Å²) in [6.07, 6.45) is 1.36. The van der Waals surface area contributed by atoms with Crippen LogP contribution in [0.1, 0.15) is 21.6 Å². The minimum absolute atomic E-state index is 0.0118. The summed E-state index contributed by atoms with van der Waals surface area (Å²) < 4.78 is 14.4. The topological polar surface area (TPSA) is 78.9 Å². The molecule has 0 unspecified atom stereocenters. The molecule has 0 bridgehead atoms. The van der Waals surface area contributed by atoms with Gasteiger partial charge in [-0.05, 0) is 29.8 Å². The third-order valence-corrected chi connectivity index (χ3v) is 2.35. The van der Waals surface area contributed by atoms with Gasteiger partial charge in [-0.25, -0.2) is 9.18 Å². The summed E-state index contributed by atoms with van der Waals surface area (Å²) >= 11 is 0. The predicted octanol–water partition coefficient (Wildman–Crippen LogP) is 1.64. The van der Waals surface area contributed by atoms with E-state index in [1.807, 2.05) is 6.07 Å². The number of carboxylic acid groups (broad SMARTS) is 1. The van der Waals surface area contributed by atoms with Crippen molar-refractivity contribution in [3.63, 3.8) is 0 Å². The normalized spacial score (nSPS) is 10.0. The Bertz CT molecular complexity index is 643. The molecule has 6 heteroatoms. The van der Waals surface area contributed by atoms with Crippen LogP contribution in [0.2, 0.25) is 0 Å². The first-order valence-electron chi connectivity index (χ1n) is 5.05. The van der Waals surface area contributed by atoms with Crippen LogP contribution in [-0.2, 0) is 6.54 Å². The summed E-state index contributed by atoms with van der Waals surface area (Å²) in [6.45, 7) is 0.0983. The van der Waals surface area contributed by atoms with Crippen LogP contribution < -0.4 is 0 Å². The average Bonchev–Trinajstić information content (AvgIpc) is 2.76. The maximum Gasteiger partial charge on any atom is 0.354 e. The zero-order valence-electron chi connectivity index (χ0n) is 9.17. The highest BCUT2D eigenvalue weighted by Gasteiger charge is 2.11. The van der Waals surface area contributed by atoms with Crippen LogP contribution in [0, 0.1) is 17.1 Å². The zero-order valence-corrected chi connectivity index (χ0v) is 9.17. The highest BCUT2D eigenvalue weighted by Crippen LogP contribution is 2.11. The molecular weight excluding hydrogens is 237 g/mol. The molecule has 0 saturated carbocycles. The van der Waals surface area contributed by atoms with Gasteiger partial charge in [0.2, 0.25) is 0 Å². The number of halogens is 1. The van der Waals surface area contributed by atoms with Crippen molar-refractivity contribution in [1.82, 2.24) is 9.78 Å². The van der Waals surface area contributed by atoms with Gasteiger partial charge in [-0.1, -0.05) is 0 Å². The molecular formula is C12H8FN3O2. The van der Waals surface area contributed by atoms with E-state index < -0.39 is 11.8 Å². The minimum atomic E-state index is -1.11. The molecule has 0 fully saturated rings. The summed E-state index contributed by atoms with van der Waals surface area (Å²) in [5.41, 5.74) is 0.685. The van der Waals surface area contributed by atoms with Gasteiger partial charge in [0.15, 0.2) is 0 Å². The molecule has 2 aromatic rings. The molecule has 5 nitrogen and oxygen atoms in total. The summed E-state index contributed by atoms with van der Waals surface area (Å²) in [5, 5.41) is 21.5. The van der Waals surface area contributed by atoms with Gasteiger partial charge in [-0.3, -0.25) is 4.68 Å². The van der Waals surface area contributed by atoms with E-state index in [1.165, 1.54) is 29.1 Å². The van der Waals surface area contributed by atoms with Gasteiger partial charge in [0.05, 0.1) is 18.2 Å². The molecule has 1 aromatic carbocycles. The zero-order chi connectivity index (χ0) is 13.1. The van der Waals surface area contributed by atoms with Gasteiger partial charge in [-0.15, -0.1) is 0 Å². The third-order valence-electron chi connectivity index (χ3n) is 2.35. The van der Waals surface area contributed by atoms with Gasteiger partial charge in [0.1, 0.15) is 11.5 Å². The maximum atomic E-state index is 13.2. The molecule has 1 aromatic heterocycles. The smallest absolute Gasteiger partial charge is 0.354 e. The van der Waals surface area contributed by atoms with E-state index in [9.17, 15) is 9.18 Å². The van der Waals surface area contributed by atoms with Gasteiger partial charge >= 0.3 is 5.97 Å². The molecule has 0 radical (unpaired) electrons. The van der Waals surface area contributed by atoms with Crippen LogP contribution in [0.5, 0.6) is 0 Å². The Balaban J connectivity index is 2.34. The minimum Gasteiger partial charge on any atom is -0.477 e. The van der Waals surface area contributed by atoms with Crippen LogP contribution in [0.25, 0.3) is 0 Å². The summed E-state index contributed by atoms with van der Waals surface area (Å²) in [4.78, 5) is 10.9. The Hall–Kier alpha value is -2.68. The molecule has 0 amide bonds. The molecule has 0 aliphatic heterocycles. The number of aromatic nitrogens is 2. The highest BCUT2D eigenvalue weighted by molar-refractivity contribution is 5.85. The van der Waals surface area contributed by atoms with Gasteiger partial charge in [0, 0.05) is 6.20 Å². The maximum absolute atomic E-state index is 13.2. The molecule has 0 atom stereocenters. The Morgan fingerprint density at radius 1 is 1.50 bits per heavy atom. The van der Waals surface area contributed by atoms with Crippen molar-refractivity contribution in [3.05, 3.63) is 53.1 Å². The molecule has 18 heavy (non-hydrogen) atoms. The second kappa shape index (κ2) is 4.67. The Labute approximate surface area is 102 Å². The average molecular weight is 245 g/mol. The number of carbonyl (C=O) groups is 1. The van der Waals surface area contributed by atoms with E-state index >= 15 is 0 Å². The van der Waals surface area contributed by atoms with Gasteiger partial charge in [-0.2, -0.15) is 10.4 Å². The molecule has 2 rings (SSSR count). The lowest BCUT2D eigenvalue weighted by atomic mass is 10.1. The van der Waals surface area contributed by atoms with E-state index in [-0.39, 0.29) is 17.8 Å². The lowest BCUT2D eigenvalue weighted by molar-refractivity contribution is 0.0684. The molecule has 0 aliphatic carbocycles. The van der Waals surface area contributed by atoms with Crippen LogP contribution in [0.4, 0.5) is 4.39 Å². The van der Waals surface area contributed by atoms with Crippen molar-refractivity contribution in [2.75, 3.05) is 0 Å². The van der Waals surface area contributed by atoms with E-state index in [0.717, 1.165) is 6.07 Å². The molecule has 0 spiro atoms. The number of benzene rings is 1. The quantitative estimate of drug-likeness (QED) is 0.891. The van der Waals surface area contributed by atoms with Crippen LogP contribution in [0.15, 0.2) is 30.5 Å². The molecule has 1 N–H and O–H groups in total. The summed E-state index contributed by atoms with van der Waals surface area (Å²) in [5.74, 6) is -1.64. The number of hydrogen-bond acceptors (Lipinski definition) is 3. The van der Waals surface area contributed by atoms with Crippen molar-refractivity contribution in [3.8, 4) is 6.07 Å². The van der Waals surface area contributed by atoms with Crippen molar-refractivity contribution in [2.24, 2.45) is 0 Å². The first-order chi connectivity index (χ1) is 8.60. The molecule has 0 saturated heterocycles. The second-order valence-electron chi connectivity index (χ2n) is 3.64. The number of rotatable bonds is 3. The first-order valence-corrected chi connectivity index (χ1v) is 5.05. The van der Waals surface area contributed by atoms with E-state index in [2.05, 4.69) is 5.10 Å². The Morgan fingerprint density at radius 3 is 2.94 bits per heavy atom. The number of hydrogen-bond donors (Lipinski definition) is 1. The van der Waals surface area contributed by atoms with Crippen LogP contribution in [0.3, 0.4) is 0 Å². The molecule has 1 heterocycles. The first kappa shape index (κ1) is 11.8. The fourth-order valence-corrected chi connectivity index (χ4v) is 1.62. The van der Waals surface area contributed by atoms with Crippen molar-refractivity contribution >= 4 is 5.97 Å². The Morgan fingerprint density at radius 2 is 2.28 bits per heavy atom. The third kappa shape index (κ3) is 2.35. The number of nitrogens with zero attached hydrogens (tertiary/aromatic N) is 3. The van der Waals surface area contributed by atoms with Crippen molar-refractivity contribution < 1.29 is 14.3 Å². The van der Waals surface area contributed by atoms with Crippen molar-refractivity contribution in [2.45, 2.75) is 6.54 Å².